The zero-order chi connectivity index (χ0) is 38.2. The Kier molecular flexibility index (Phi) is 7.35. The van der Waals surface area contributed by atoms with E-state index in [0.29, 0.717) is 11.9 Å². The molecule has 0 aliphatic carbocycles. The van der Waals surface area contributed by atoms with E-state index in [9.17, 15) is 0 Å². The number of hydrogen-bond donors (Lipinski definition) is 0. The van der Waals surface area contributed by atoms with Gasteiger partial charge >= 0.3 is 0 Å². The lowest BCUT2D eigenvalue weighted by molar-refractivity contribution is 0.904. The van der Waals surface area contributed by atoms with E-state index in [1.807, 2.05) is 11.3 Å². The maximum absolute atomic E-state index is 5.77. The van der Waals surface area contributed by atoms with E-state index in [1.165, 1.54) is 35.7 Å². The SMILES string of the molecule is c1ccc([Si](c2ccccc2)(c2ccc3sc4ccccc4c3c2)c2nc(-n3c4ccccc4c4ccccc43)nc(-n3c4ccccc4c4ccccc43)n2)cc1. The number of benzene rings is 8. The summed E-state index contributed by atoms with van der Waals surface area (Å²) < 4.78 is 7.01. The minimum Gasteiger partial charge on any atom is -0.278 e. The molecule has 12 aromatic rings. The molecule has 0 aliphatic heterocycles. The molecule has 4 heterocycles. The van der Waals surface area contributed by atoms with Gasteiger partial charge in [0.2, 0.25) is 20.0 Å². The van der Waals surface area contributed by atoms with E-state index in [2.05, 4.69) is 209 Å². The molecule has 0 saturated heterocycles. The minimum atomic E-state index is -3.32. The second kappa shape index (κ2) is 12.9. The van der Waals surface area contributed by atoms with Crippen molar-refractivity contribution in [1.82, 2.24) is 24.1 Å². The molecule has 0 saturated carbocycles. The number of fused-ring (bicyclic) bond motifs is 9. The topological polar surface area (TPSA) is 48.5 Å². The van der Waals surface area contributed by atoms with Gasteiger partial charge in [-0.1, -0.05) is 164 Å². The van der Waals surface area contributed by atoms with Crippen LogP contribution in [0.4, 0.5) is 0 Å². The highest BCUT2D eigenvalue weighted by Gasteiger charge is 2.46. The third-order valence-corrected chi connectivity index (χ3v) is 17.4. The smallest absolute Gasteiger partial charge is 0.239 e. The van der Waals surface area contributed by atoms with Crippen LogP contribution in [-0.2, 0) is 0 Å². The van der Waals surface area contributed by atoms with Crippen LogP contribution in [0.5, 0.6) is 0 Å². The highest BCUT2D eigenvalue weighted by molar-refractivity contribution is 7.26. The molecule has 0 unspecified atom stereocenters. The van der Waals surface area contributed by atoms with Crippen molar-refractivity contribution in [3.8, 4) is 11.9 Å². The van der Waals surface area contributed by atoms with Crippen molar-refractivity contribution in [3.63, 3.8) is 0 Å². The molecule has 0 spiro atoms. The van der Waals surface area contributed by atoms with Gasteiger partial charge in [-0.25, -0.2) is 9.97 Å². The summed E-state index contributed by atoms with van der Waals surface area (Å²) in [5.74, 6) is 1.18. The lowest BCUT2D eigenvalue weighted by Gasteiger charge is -2.32. The predicted molar refractivity (Wildman–Crippen MR) is 245 cm³/mol. The summed E-state index contributed by atoms with van der Waals surface area (Å²) in [4.78, 5) is 17.1. The monoisotopic (exact) mass is 775 g/mol. The first-order valence-corrected chi connectivity index (χ1v) is 22.4. The van der Waals surface area contributed by atoms with Gasteiger partial charge in [-0.3, -0.25) is 9.13 Å². The van der Waals surface area contributed by atoms with Gasteiger partial charge in [0.1, 0.15) is 5.45 Å². The Balaban J connectivity index is 1.28. The number of para-hydroxylation sites is 4. The number of thiophene rings is 1. The van der Waals surface area contributed by atoms with Crippen molar-refractivity contribution in [3.05, 3.63) is 200 Å². The first-order chi connectivity index (χ1) is 28.8. The second-order valence-corrected chi connectivity index (χ2v) is 19.6. The normalized spacial score (nSPS) is 12.1. The summed E-state index contributed by atoms with van der Waals surface area (Å²) in [7, 11) is -3.32. The Morgan fingerprint density at radius 2 is 0.724 bits per heavy atom. The van der Waals surface area contributed by atoms with Crippen LogP contribution in [0.1, 0.15) is 0 Å². The Morgan fingerprint density at radius 3 is 1.21 bits per heavy atom. The number of rotatable bonds is 6. The molecule has 0 radical (unpaired) electrons. The average molecular weight is 776 g/mol. The zero-order valence-electron chi connectivity index (χ0n) is 31.2. The Hall–Kier alpha value is -7.19. The summed E-state index contributed by atoms with van der Waals surface area (Å²) >= 11 is 1.84. The van der Waals surface area contributed by atoms with E-state index in [1.54, 1.807) is 0 Å². The van der Waals surface area contributed by atoms with Crippen molar-refractivity contribution in [2.75, 3.05) is 0 Å². The van der Waals surface area contributed by atoms with E-state index in [-0.39, 0.29) is 0 Å². The molecule has 12 rings (SSSR count). The Labute approximate surface area is 338 Å². The molecule has 0 atom stereocenters. The van der Waals surface area contributed by atoms with Crippen LogP contribution in [0.25, 0.3) is 75.7 Å². The molecule has 0 bridgehead atoms. The minimum absolute atomic E-state index is 0.588. The van der Waals surface area contributed by atoms with E-state index in [0.717, 1.165) is 49.1 Å². The standard InChI is InChI=1S/C51H33N5SSi/c1-3-17-34(18-4-1)58(35-19-5-2-6-20-35,36-31-32-48-42(33-36)41-25-11-16-30-47(41)57-48)51-53-49(55-43-26-12-7-21-37(43)38-22-8-13-27-44(38)55)52-50(54-51)56-45-28-14-9-23-39(45)40-24-10-15-29-46(40)56/h1-33H. The first-order valence-electron chi connectivity index (χ1n) is 19.5. The first kappa shape index (κ1) is 33.0. The Morgan fingerprint density at radius 1 is 0.328 bits per heavy atom. The van der Waals surface area contributed by atoms with Crippen molar-refractivity contribution < 1.29 is 0 Å². The van der Waals surface area contributed by atoms with E-state index < -0.39 is 8.07 Å². The molecule has 0 fully saturated rings. The maximum atomic E-state index is 5.77. The summed E-state index contributed by atoms with van der Waals surface area (Å²) in [6.07, 6.45) is 0. The fourth-order valence-electron chi connectivity index (χ4n) is 9.22. The number of aromatic nitrogens is 5. The quantitative estimate of drug-likeness (QED) is 0.125. The van der Waals surface area contributed by atoms with Gasteiger partial charge in [0.15, 0.2) is 0 Å². The van der Waals surface area contributed by atoms with Gasteiger partial charge in [-0.05, 0) is 52.0 Å². The second-order valence-electron chi connectivity index (χ2n) is 14.8. The van der Waals surface area contributed by atoms with Gasteiger partial charge in [-0.2, -0.15) is 4.98 Å². The summed E-state index contributed by atoms with van der Waals surface area (Å²) in [5.41, 5.74) is 4.96. The van der Waals surface area contributed by atoms with Crippen LogP contribution >= 0.6 is 11.3 Å². The fourth-order valence-corrected chi connectivity index (χ4v) is 14.7. The molecule has 7 heteroatoms. The lowest BCUT2D eigenvalue weighted by atomic mass is 10.1. The number of nitrogens with zero attached hydrogens (tertiary/aromatic N) is 5. The zero-order valence-corrected chi connectivity index (χ0v) is 33.0. The molecule has 0 N–H and O–H groups in total. The van der Waals surface area contributed by atoms with Crippen molar-refractivity contribution in [2.45, 2.75) is 0 Å². The van der Waals surface area contributed by atoms with Gasteiger partial charge in [0.25, 0.3) is 0 Å². The van der Waals surface area contributed by atoms with Crippen LogP contribution in [0.15, 0.2) is 200 Å². The summed E-state index contributed by atoms with van der Waals surface area (Å²) in [6.45, 7) is 0. The maximum Gasteiger partial charge on any atom is 0.239 e. The van der Waals surface area contributed by atoms with Gasteiger partial charge in [-0.15, -0.1) is 11.3 Å². The predicted octanol–water partition coefficient (Wildman–Crippen LogP) is 9.81. The molecule has 0 amide bonds. The lowest BCUT2D eigenvalue weighted by Crippen LogP contribution is -2.76. The van der Waals surface area contributed by atoms with Crippen LogP contribution < -0.4 is 21.0 Å². The van der Waals surface area contributed by atoms with Crippen LogP contribution in [0.3, 0.4) is 0 Å². The molecule has 58 heavy (non-hydrogen) atoms. The van der Waals surface area contributed by atoms with Gasteiger partial charge in [0, 0.05) is 41.7 Å². The van der Waals surface area contributed by atoms with E-state index in [4.69, 9.17) is 15.0 Å². The molecular weight excluding hydrogens is 743 g/mol. The van der Waals surface area contributed by atoms with Gasteiger partial charge in [0.05, 0.1) is 22.1 Å². The third kappa shape index (κ3) is 4.78. The largest absolute Gasteiger partial charge is 0.278 e. The van der Waals surface area contributed by atoms with Crippen LogP contribution in [-0.4, -0.2) is 32.2 Å². The molecule has 4 aromatic heterocycles. The molecule has 5 nitrogen and oxygen atoms in total. The van der Waals surface area contributed by atoms with Gasteiger partial charge < -0.3 is 0 Å². The molecule has 0 aliphatic rings. The van der Waals surface area contributed by atoms with E-state index >= 15 is 0 Å². The average Bonchev–Trinajstić information content (AvgIpc) is 3.95. The number of hydrogen-bond acceptors (Lipinski definition) is 4. The third-order valence-electron chi connectivity index (χ3n) is 11.7. The molecule has 272 valence electrons. The van der Waals surface area contributed by atoms with Crippen molar-refractivity contribution in [2.24, 2.45) is 0 Å². The van der Waals surface area contributed by atoms with Crippen LogP contribution in [0.2, 0.25) is 0 Å². The molecular formula is C51H33N5SSi. The van der Waals surface area contributed by atoms with Crippen LogP contribution in [0, 0.1) is 0 Å². The Bertz CT molecular complexity index is 3250. The summed E-state index contributed by atoms with van der Waals surface area (Å²) in [5, 5.41) is 10.8. The highest BCUT2D eigenvalue weighted by Crippen LogP contribution is 2.35. The van der Waals surface area contributed by atoms with Crippen molar-refractivity contribution in [1.29, 1.82) is 0 Å². The highest BCUT2D eigenvalue weighted by atomic mass is 32.1. The van der Waals surface area contributed by atoms with Crippen molar-refractivity contribution >= 4 is 104 Å². The molecule has 8 aromatic carbocycles. The summed E-state index contributed by atoms with van der Waals surface area (Å²) in [6, 6.07) is 72.0. The fraction of sp³-hybridized carbons (Fsp3) is 0.